The fraction of sp³-hybridized carbons (Fsp3) is 0.632. The number of likely N-dealkylation sites (tertiary alicyclic amines) is 1. The van der Waals surface area contributed by atoms with E-state index in [1.54, 1.807) is 12.3 Å². The van der Waals surface area contributed by atoms with Crippen LogP contribution in [0.2, 0.25) is 0 Å². The highest BCUT2D eigenvalue weighted by molar-refractivity contribution is 5.93. The van der Waals surface area contributed by atoms with Crippen LogP contribution in [0.5, 0.6) is 5.88 Å². The highest BCUT2D eigenvalue weighted by Gasteiger charge is 2.29. The molecule has 1 aromatic heterocycles. The minimum atomic E-state index is 0.0777. The van der Waals surface area contributed by atoms with E-state index >= 15 is 0 Å². The van der Waals surface area contributed by atoms with Crippen molar-refractivity contribution in [3.05, 3.63) is 18.3 Å². The van der Waals surface area contributed by atoms with Crippen molar-refractivity contribution in [2.75, 3.05) is 18.4 Å². The van der Waals surface area contributed by atoms with Crippen molar-refractivity contribution in [1.29, 1.82) is 0 Å². The van der Waals surface area contributed by atoms with Gasteiger partial charge in [-0.25, -0.2) is 4.98 Å². The first-order valence-electron chi connectivity index (χ1n) is 9.22. The maximum Gasteiger partial charge on any atom is 0.227 e. The lowest BCUT2D eigenvalue weighted by Crippen LogP contribution is -2.42. The number of anilines is 1. The summed E-state index contributed by atoms with van der Waals surface area (Å²) in [6.07, 6.45) is 5.95. The van der Waals surface area contributed by atoms with E-state index in [9.17, 15) is 9.59 Å². The molecule has 136 valence electrons. The molecule has 1 saturated heterocycles. The molecule has 0 atom stereocenters. The molecule has 1 aromatic rings. The first kappa shape index (κ1) is 17.7. The van der Waals surface area contributed by atoms with Crippen LogP contribution in [0.1, 0.15) is 46.0 Å². The number of piperidine rings is 1. The largest absolute Gasteiger partial charge is 0.474 e. The third-order valence-corrected chi connectivity index (χ3v) is 4.62. The van der Waals surface area contributed by atoms with Crippen LogP contribution < -0.4 is 10.1 Å². The van der Waals surface area contributed by atoms with Gasteiger partial charge >= 0.3 is 0 Å². The van der Waals surface area contributed by atoms with Gasteiger partial charge in [0.25, 0.3) is 0 Å². The second-order valence-corrected chi connectivity index (χ2v) is 7.44. The molecule has 6 nitrogen and oxygen atoms in total. The normalized spacial score (nSPS) is 18.3. The molecule has 6 heteroatoms. The van der Waals surface area contributed by atoms with Crippen molar-refractivity contribution in [2.24, 2.45) is 11.8 Å². The average molecular weight is 345 g/mol. The van der Waals surface area contributed by atoms with Crippen LogP contribution >= 0.6 is 0 Å². The van der Waals surface area contributed by atoms with Gasteiger partial charge in [-0.15, -0.1) is 0 Å². The first-order valence-corrected chi connectivity index (χ1v) is 9.22. The number of pyridine rings is 1. The predicted molar refractivity (Wildman–Crippen MR) is 95.3 cm³/mol. The Hall–Kier alpha value is -2.11. The molecule has 0 spiro atoms. The second kappa shape index (κ2) is 7.85. The van der Waals surface area contributed by atoms with Gasteiger partial charge in [0.1, 0.15) is 6.10 Å². The number of carbonyl (C=O) groups is 2. The first-order chi connectivity index (χ1) is 12.0. The molecule has 1 N–H and O–H groups in total. The standard InChI is InChI=1S/C19H27N3O3/c1-13(2)11-18(23)22-9-7-16(8-10-22)25-17-6-5-15(12-20-17)21-19(24)14-3-4-14/h5-6,12-14,16H,3-4,7-11H2,1-2H3,(H,21,24). The number of amides is 2. The van der Waals surface area contributed by atoms with Gasteiger partial charge in [0, 0.05) is 44.3 Å². The van der Waals surface area contributed by atoms with Gasteiger partial charge in [-0.1, -0.05) is 13.8 Å². The number of nitrogens with zero attached hydrogens (tertiary/aromatic N) is 2. The van der Waals surface area contributed by atoms with Crippen molar-refractivity contribution in [3.63, 3.8) is 0 Å². The summed E-state index contributed by atoms with van der Waals surface area (Å²) in [6.45, 7) is 5.61. The van der Waals surface area contributed by atoms with Crippen molar-refractivity contribution in [2.45, 2.75) is 52.1 Å². The molecule has 1 aliphatic heterocycles. The number of hydrogen-bond acceptors (Lipinski definition) is 4. The van der Waals surface area contributed by atoms with Gasteiger partial charge in [0.2, 0.25) is 17.7 Å². The molecule has 0 radical (unpaired) electrons. The lowest BCUT2D eigenvalue weighted by atomic mass is 10.1. The maximum absolute atomic E-state index is 12.1. The van der Waals surface area contributed by atoms with E-state index < -0.39 is 0 Å². The maximum atomic E-state index is 12.1. The van der Waals surface area contributed by atoms with Crippen LogP contribution in [-0.4, -0.2) is 40.9 Å². The highest BCUT2D eigenvalue weighted by Crippen LogP contribution is 2.30. The van der Waals surface area contributed by atoms with E-state index in [0.717, 1.165) is 38.8 Å². The second-order valence-electron chi connectivity index (χ2n) is 7.44. The fourth-order valence-corrected chi connectivity index (χ4v) is 2.99. The van der Waals surface area contributed by atoms with Gasteiger partial charge in [-0.05, 0) is 24.8 Å². The van der Waals surface area contributed by atoms with Gasteiger partial charge in [-0.3, -0.25) is 9.59 Å². The van der Waals surface area contributed by atoms with Crippen LogP contribution in [0.25, 0.3) is 0 Å². The third-order valence-electron chi connectivity index (χ3n) is 4.62. The van der Waals surface area contributed by atoms with E-state index in [1.165, 1.54) is 0 Å². The van der Waals surface area contributed by atoms with Crippen molar-refractivity contribution in [3.8, 4) is 5.88 Å². The molecule has 3 rings (SSSR count). The summed E-state index contributed by atoms with van der Waals surface area (Å²) in [5, 5.41) is 2.87. The van der Waals surface area contributed by atoms with Crippen molar-refractivity contribution < 1.29 is 14.3 Å². The Labute approximate surface area is 148 Å². The third kappa shape index (κ3) is 5.18. The Morgan fingerprint density at radius 3 is 2.52 bits per heavy atom. The fourth-order valence-electron chi connectivity index (χ4n) is 2.99. The minimum Gasteiger partial charge on any atom is -0.474 e. The summed E-state index contributed by atoms with van der Waals surface area (Å²) in [6, 6.07) is 3.61. The summed E-state index contributed by atoms with van der Waals surface area (Å²) in [5.74, 6) is 1.46. The quantitative estimate of drug-likeness (QED) is 0.860. The molecule has 0 aromatic carbocycles. The molecule has 2 heterocycles. The molecule has 1 saturated carbocycles. The average Bonchev–Trinajstić information content (AvgIpc) is 3.42. The molecular weight excluding hydrogens is 318 g/mol. The molecule has 2 aliphatic rings. The zero-order valence-electron chi connectivity index (χ0n) is 15.0. The number of nitrogens with one attached hydrogen (secondary N) is 1. The van der Waals surface area contributed by atoms with Gasteiger partial charge in [0.05, 0.1) is 11.9 Å². The summed E-state index contributed by atoms with van der Waals surface area (Å²) in [7, 11) is 0. The molecule has 0 unspecified atom stereocenters. The lowest BCUT2D eigenvalue weighted by Gasteiger charge is -2.32. The SMILES string of the molecule is CC(C)CC(=O)N1CCC(Oc2ccc(NC(=O)C3CC3)cn2)CC1. The summed E-state index contributed by atoms with van der Waals surface area (Å²) < 4.78 is 5.92. The topological polar surface area (TPSA) is 71.5 Å². The van der Waals surface area contributed by atoms with Gasteiger partial charge < -0.3 is 15.0 Å². The van der Waals surface area contributed by atoms with Crippen molar-refractivity contribution >= 4 is 17.5 Å². The Balaban J connectivity index is 1.44. The van der Waals surface area contributed by atoms with Crippen LogP contribution in [-0.2, 0) is 9.59 Å². The molecule has 0 bridgehead atoms. The molecule has 25 heavy (non-hydrogen) atoms. The number of rotatable bonds is 6. The summed E-state index contributed by atoms with van der Waals surface area (Å²) in [4.78, 5) is 30.0. The lowest BCUT2D eigenvalue weighted by molar-refractivity contribution is -0.133. The van der Waals surface area contributed by atoms with Crippen LogP contribution in [0.3, 0.4) is 0 Å². The van der Waals surface area contributed by atoms with Crippen LogP contribution in [0.4, 0.5) is 5.69 Å². The monoisotopic (exact) mass is 345 g/mol. The van der Waals surface area contributed by atoms with Crippen LogP contribution in [0, 0.1) is 11.8 Å². The number of hydrogen-bond donors (Lipinski definition) is 1. The highest BCUT2D eigenvalue weighted by atomic mass is 16.5. The van der Waals surface area contributed by atoms with Crippen molar-refractivity contribution in [1.82, 2.24) is 9.88 Å². The van der Waals surface area contributed by atoms with E-state index in [-0.39, 0.29) is 23.8 Å². The van der Waals surface area contributed by atoms with E-state index in [4.69, 9.17) is 4.74 Å². The number of aromatic nitrogens is 1. The van der Waals surface area contributed by atoms with Gasteiger partial charge in [0.15, 0.2) is 0 Å². The zero-order valence-corrected chi connectivity index (χ0v) is 15.0. The summed E-state index contributed by atoms with van der Waals surface area (Å²) >= 11 is 0. The minimum absolute atomic E-state index is 0.0777. The molecular formula is C19H27N3O3. The van der Waals surface area contributed by atoms with E-state index in [2.05, 4.69) is 24.1 Å². The van der Waals surface area contributed by atoms with E-state index in [0.29, 0.717) is 23.9 Å². The number of ether oxygens (including phenoxy) is 1. The Morgan fingerprint density at radius 1 is 1.24 bits per heavy atom. The molecule has 1 aliphatic carbocycles. The van der Waals surface area contributed by atoms with E-state index in [1.807, 2.05) is 11.0 Å². The zero-order chi connectivity index (χ0) is 17.8. The molecule has 2 amide bonds. The van der Waals surface area contributed by atoms with Crippen LogP contribution in [0.15, 0.2) is 18.3 Å². The van der Waals surface area contributed by atoms with Gasteiger partial charge in [-0.2, -0.15) is 0 Å². The Bertz CT molecular complexity index is 603. The Morgan fingerprint density at radius 2 is 1.96 bits per heavy atom. The predicted octanol–water partition coefficient (Wildman–Crippen LogP) is 2.85. The Kier molecular flexibility index (Phi) is 5.56. The smallest absolute Gasteiger partial charge is 0.227 e. The summed E-state index contributed by atoms with van der Waals surface area (Å²) in [5.41, 5.74) is 0.707. The molecule has 2 fully saturated rings. The number of carbonyl (C=O) groups excluding carboxylic acids is 2.